The maximum atomic E-state index is 13.2. The van der Waals surface area contributed by atoms with E-state index in [0.717, 1.165) is 6.07 Å². The molecule has 1 aromatic heterocycles. The molecule has 2 heterocycles. The molecule has 0 radical (unpaired) electrons. The summed E-state index contributed by atoms with van der Waals surface area (Å²) in [6.07, 6.45) is -8.14. The first-order valence-corrected chi connectivity index (χ1v) is 5.21. The van der Waals surface area contributed by atoms with E-state index in [1.54, 1.807) is 0 Å². The molecule has 0 atom stereocenters. The molecule has 2 aromatic rings. The monoisotopic (exact) mass is 274 g/mol. The highest BCUT2D eigenvalue weighted by Crippen LogP contribution is 2.50. The molecule has 1 aliphatic rings. The lowest BCUT2D eigenvalue weighted by atomic mass is 10.1. The number of furan rings is 1. The van der Waals surface area contributed by atoms with E-state index in [2.05, 4.69) is 9.47 Å². The Bertz CT molecular complexity index is 607. The van der Waals surface area contributed by atoms with Crippen molar-refractivity contribution in [2.24, 2.45) is 0 Å². The summed E-state index contributed by atoms with van der Waals surface area (Å²) < 4.78 is 65.5. The molecule has 0 spiro atoms. The Kier molecular flexibility index (Phi) is 2.29. The number of para-hydroxylation sites is 1. The lowest BCUT2D eigenvalue weighted by molar-refractivity contribution is -0.391. The van der Waals surface area contributed by atoms with Crippen molar-refractivity contribution in [3.8, 4) is 22.8 Å². The molecule has 3 rings (SSSR count). The average Bonchev–Trinajstić information content (AvgIpc) is 2.82. The zero-order valence-corrected chi connectivity index (χ0v) is 9.20. The van der Waals surface area contributed by atoms with Crippen molar-refractivity contribution in [2.45, 2.75) is 12.2 Å². The standard InChI is InChI=1S/C12H6F4O3/c13-11(14)12(15,16)19-10-7(8-5-2-6-17-8)3-1-4-9(10)18-11/h1-6H. The van der Waals surface area contributed by atoms with Crippen molar-refractivity contribution in [2.75, 3.05) is 0 Å². The molecule has 0 amide bonds. The molecule has 0 bridgehead atoms. The van der Waals surface area contributed by atoms with Gasteiger partial charge < -0.3 is 13.9 Å². The number of ether oxygens (including phenoxy) is 2. The van der Waals surface area contributed by atoms with Gasteiger partial charge in [0.05, 0.1) is 11.8 Å². The lowest BCUT2D eigenvalue weighted by Gasteiger charge is -2.32. The molecule has 0 N–H and O–H groups in total. The van der Waals surface area contributed by atoms with Gasteiger partial charge in [0.2, 0.25) is 0 Å². The van der Waals surface area contributed by atoms with Gasteiger partial charge in [-0.15, -0.1) is 0 Å². The molecule has 19 heavy (non-hydrogen) atoms. The summed E-state index contributed by atoms with van der Waals surface area (Å²) in [7, 11) is 0. The van der Waals surface area contributed by atoms with Gasteiger partial charge in [-0.1, -0.05) is 6.07 Å². The van der Waals surface area contributed by atoms with E-state index in [1.807, 2.05) is 0 Å². The van der Waals surface area contributed by atoms with E-state index in [1.165, 1.54) is 30.5 Å². The van der Waals surface area contributed by atoms with Gasteiger partial charge in [-0.25, -0.2) is 0 Å². The van der Waals surface area contributed by atoms with Crippen LogP contribution in [0.15, 0.2) is 41.0 Å². The second-order valence-electron chi connectivity index (χ2n) is 3.85. The zero-order chi connectivity index (χ0) is 13.7. The maximum absolute atomic E-state index is 13.2. The largest absolute Gasteiger partial charge is 0.507 e. The van der Waals surface area contributed by atoms with E-state index in [0.29, 0.717) is 0 Å². The second kappa shape index (κ2) is 3.66. The minimum atomic E-state index is -4.75. The number of benzene rings is 1. The molecular formula is C12H6F4O3. The van der Waals surface area contributed by atoms with Crippen molar-refractivity contribution in [3.63, 3.8) is 0 Å². The number of rotatable bonds is 1. The number of fused-ring (bicyclic) bond motifs is 1. The maximum Gasteiger partial charge on any atom is 0.507 e. The van der Waals surface area contributed by atoms with Gasteiger partial charge >= 0.3 is 12.2 Å². The van der Waals surface area contributed by atoms with Crippen LogP contribution in [0.3, 0.4) is 0 Å². The summed E-state index contributed by atoms with van der Waals surface area (Å²) in [4.78, 5) is 0. The third kappa shape index (κ3) is 1.73. The van der Waals surface area contributed by atoms with E-state index < -0.39 is 23.7 Å². The predicted molar refractivity (Wildman–Crippen MR) is 55.3 cm³/mol. The Hall–Kier alpha value is -2.18. The smallest absolute Gasteiger partial charge is 0.464 e. The van der Waals surface area contributed by atoms with Crippen LogP contribution in [-0.4, -0.2) is 12.2 Å². The average molecular weight is 274 g/mol. The zero-order valence-electron chi connectivity index (χ0n) is 9.20. The van der Waals surface area contributed by atoms with E-state index in [4.69, 9.17) is 4.42 Å². The number of halogens is 4. The Labute approximate surface area is 104 Å². The molecule has 7 heteroatoms. The third-order valence-corrected chi connectivity index (χ3v) is 2.57. The first-order chi connectivity index (χ1) is 8.91. The van der Waals surface area contributed by atoms with Gasteiger partial charge in [0, 0.05) is 0 Å². The highest BCUT2D eigenvalue weighted by molar-refractivity contribution is 5.70. The quantitative estimate of drug-likeness (QED) is 0.739. The van der Waals surface area contributed by atoms with E-state index in [9.17, 15) is 17.6 Å². The van der Waals surface area contributed by atoms with Crippen molar-refractivity contribution in [1.82, 2.24) is 0 Å². The van der Waals surface area contributed by atoms with Crippen LogP contribution in [0.25, 0.3) is 11.3 Å². The molecule has 3 nitrogen and oxygen atoms in total. The fourth-order valence-electron chi connectivity index (χ4n) is 1.71. The van der Waals surface area contributed by atoms with Gasteiger partial charge in [-0.2, -0.15) is 17.6 Å². The molecule has 0 aliphatic carbocycles. The summed E-state index contributed by atoms with van der Waals surface area (Å²) in [6, 6.07) is 6.92. The van der Waals surface area contributed by atoms with Gasteiger partial charge in [0.15, 0.2) is 11.5 Å². The van der Waals surface area contributed by atoms with Gasteiger partial charge in [-0.05, 0) is 24.3 Å². The number of hydrogen-bond acceptors (Lipinski definition) is 3. The van der Waals surface area contributed by atoms with Crippen LogP contribution in [0, 0.1) is 0 Å². The Morgan fingerprint density at radius 3 is 2.26 bits per heavy atom. The highest BCUT2D eigenvalue weighted by atomic mass is 19.3. The SMILES string of the molecule is FC1(F)Oc2cccc(-c3ccco3)c2OC1(F)F. The predicted octanol–water partition coefficient (Wildman–Crippen LogP) is 3.90. The Morgan fingerprint density at radius 1 is 0.842 bits per heavy atom. The highest BCUT2D eigenvalue weighted by Gasteiger charge is 2.66. The van der Waals surface area contributed by atoms with Gasteiger partial charge in [-0.3, -0.25) is 0 Å². The summed E-state index contributed by atoms with van der Waals surface area (Å²) >= 11 is 0. The summed E-state index contributed by atoms with van der Waals surface area (Å²) in [5, 5.41) is 0. The Balaban J connectivity index is 2.15. The van der Waals surface area contributed by atoms with Crippen molar-refractivity contribution in [3.05, 3.63) is 36.6 Å². The van der Waals surface area contributed by atoms with E-state index in [-0.39, 0.29) is 11.3 Å². The molecular weight excluding hydrogens is 268 g/mol. The molecule has 0 fully saturated rings. The fourth-order valence-corrected chi connectivity index (χ4v) is 1.71. The minimum Gasteiger partial charge on any atom is -0.464 e. The van der Waals surface area contributed by atoms with Crippen LogP contribution in [0.1, 0.15) is 0 Å². The molecule has 0 saturated heterocycles. The van der Waals surface area contributed by atoms with Crippen molar-refractivity contribution >= 4 is 0 Å². The second-order valence-corrected chi connectivity index (χ2v) is 3.85. The topological polar surface area (TPSA) is 31.6 Å². The number of alkyl halides is 4. The minimum absolute atomic E-state index is 0.109. The van der Waals surface area contributed by atoms with Gasteiger partial charge in [0.1, 0.15) is 5.76 Å². The molecule has 0 unspecified atom stereocenters. The molecule has 0 saturated carbocycles. The fraction of sp³-hybridized carbons (Fsp3) is 0.167. The Morgan fingerprint density at radius 2 is 1.58 bits per heavy atom. The lowest BCUT2D eigenvalue weighted by Crippen LogP contribution is -2.52. The summed E-state index contributed by atoms with van der Waals surface area (Å²) in [6.45, 7) is 0. The first kappa shape index (κ1) is 11.9. The molecule has 1 aliphatic heterocycles. The normalized spacial score (nSPS) is 19.2. The number of hydrogen-bond donors (Lipinski definition) is 0. The van der Waals surface area contributed by atoms with Crippen LogP contribution >= 0.6 is 0 Å². The van der Waals surface area contributed by atoms with E-state index >= 15 is 0 Å². The van der Waals surface area contributed by atoms with Gasteiger partial charge in [0.25, 0.3) is 0 Å². The molecule has 100 valence electrons. The van der Waals surface area contributed by atoms with Crippen molar-refractivity contribution < 1.29 is 31.5 Å². The van der Waals surface area contributed by atoms with Crippen LogP contribution in [0.2, 0.25) is 0 Å². The van der Waals surface area contributed by atoms with Crippen molar-refractivity contribution in [1.29, 1.82) is 0 Å². The third-order valence-electron chi connectivity index (χ3n) is 2.57. The molecule has 1 aromatic carbocycles. The van der Waals surface area contributed by atoms with Crippen LogP contribution < -0.4 is 9.47 Å². The van der Waals surface area contributed by atoms with Crippen LogP contribution in [0.4, 0.5) is 17.6 Å². The summed E-state index contributed by atoms with van der Waals surface area (Å²) in [5.41, 5.74) is 0.109. The summed E-state index contributed by atoms with van der Waals surface area (Å²) in [5.74, 6) is -0.736. The van der Waals surface area contributed by atoms with Crippen LogP contribution in [0.5, 0.6) is 11.5 Å². The first-order valence-electron chi connectivity index (χ1n) is 5.21. The van der Waals surface area contributed by atoms with Crippen LogP contribution in [-0.2, 0) is 0 Å².